The lowest BCUT2D eigenvalue weighted by Crippen LogP contribution is -2.26. The molecule has 1 heterocycles. The fourth-order valence-electron chi connectivity index (χ4n) is 2.64. The predicted octanol–water partition coefficient (Wildman–Crippen LogP) is 2.71. The van der Waals surface area contributed by atoms with Crippen LogP contribution >= 0.6 is 0 Å². The molecule has 1 aromatic carbocycles. The van der Waals surface area contributed by atoms with Gasteiger partial charge in [-0.05, 0) is 37.6 Å². The Morgan fingerprint density at radius 2 is 2.00 bits per heavy atom. The summed E-state index contributed by atoms with van der Waals surface area (Å²) in [6, 6.07) is 9.35. The Balaban J connectivity index is 2.39. The van der Waals surface area contributed by atoms with E-state index in [1.807, 2.05) is 43.0 Å². The van der Waals surface area contributed by atoms with Crippen LogP contribution in [0.15, 0.2) is 35.1 Å². The molecule has 0 saturated heterocycles. The van der Waals surface area contributed by atoms with Crippen molar-refractivity contribution in [2.45, 2.75) is 33.2 Å². The maximum absolute atomic E-state index is 12.0. The molecule has 1 aromatic heterocycles. The minimum atomic E-state index is -0.795. The molecule has 22 heavy (non-hydrogen) atoms. The Labute approximate surface area is 129 Å². The summed E-state index contributed by atoms with van der Waals surface area (Å²) in [6.07, 6.45) is 1.02. The van der Waals surface area contributed by atoms with Gasteiger partial charge in [-0.25, -0.2) is 0 Å². The summed E-state index contributed by atoms with van der Waals surface area (Å²) < 4.78 is 1.78. The number of anilines is 1. The molecule has 2 aromatic rings. The average Bonchev–Trinajstić information content (AvgIpc) is 2.50. The zero-order valence-electron chi connectivity index (χ0n) is 13.1. The van der Waals surface area contributed by atoms with Gasteiger partial charge in [-0.1, -0.05) is 6.92 Å². The molecule has 2 rings (SSSR count). The van der Waals surface area contributed by atoms with Gasteiger partial charge < -0.3 is 14.6 Å². The number of aliphatic carboxylic acids is 1. The van der Waals surface area contributed by atoms with Crippen LogP contribution in [-0.4, -0.2) is 28.7 Å². The summed E-state index contributed by atoms with van der Waals surface area (Å²) >= 11 is 0. The highest BCUT2D eigenvalue weighted by atomic mass is 16.4. The molecule has 118 valence electrons. The van der Waals surface area contributed by atoms with E-state index in [-0.39, 0.29) is 12.0 Å². The fourth-order valence-corrected chi connectivity index (χ4v) is 2.64. The molecule has 0 bridgehead atoms. The van der Waals surface area contributed by atoms with Crippen LogP contribution in [0.2, 0.25) is 0 Å². The Bertz CT molecular complexity index is 721. The number of nitrogens with zero attached hydrogens (tertiary/aromatic N) is 2. The van der Waals surface area contributed by atoms with Gasteiger partial charge in [-0.2, -0.15) is 0 Å². The Morgan fingerprint density at radius 3 is 2.64 bits per heavy atom. The molecular formula is C17H22N2O3. The number of benzene rings is 1. The van der Waals surface area contributed by atoms with Crippen LogP contribution < -0.4 is 10.5 Å². The number of pyridine rings is 1. The van der Waals surface area contributed by atoms with Crippen molar-refractivity contribution in [3.05, 3.63) is 40.7 Å². The molecule has 0 unspecified atom stereocenters. The molecular weight excluding hydrogens is 280 g/mol. The van der Waals surface area contributed by atoms with Gasteiger partial charge in [-0.3, -0.25) is 9.59 Å². The quantitative estimate of drug-likeness (QED) is 0.854. The van der Waals surface area contributed by atoms with Gasteiger partial charge in [0.2, 0.25) is 0 Å². The highest BCUT2D eigenvalue weighted by molar-refractivity contribution is 5.83. The van der Waals surface area contributed by atoms with Crippen LogP contribution in [0.4, 0.5) is 5.69 Å². The molecule has 0 spiro atoms. The number of hydrogen-bond acceptors (Lipinski definition) is 3. The van der Waals surface area contributed by atoms with Crippen molar-refractivity contribution in [1.82, 2.24) is 4.57 Å². The molecule has 1 N–H and O–H groups in total. The molecule has 0 aliphatic heterocycles. The molecule has 0 amide bonds. The number of aryl methyl sites for hydroxylation is 1. The average molecular weight is 302 g/mol. The number of carboxylic acids is 1. The second-order valence-electron chi connectivity index (χ2n) is 5.29. The first-order valence-electron chi connectivity index (χ1n) is 7.67. The van der Waals surface area contributed by atoms with Gasteiger partial charge in [0.15, 0.2) is 0 Å². The highest BCUT2D eigenvalue weighted by Gasteiger charge is 2.09. The molecule has 0 aliphatic rings. The molecule has 0 saturated carbocycles. The summed E-state index contributed by atoms with van der Waals surface area (Å²) in [5, 5.41) is 9.84. The molecule has 0 fully saturated rings. The minimum absolute atomic E-state index is 0.0142. The van der Waals surface area contributed by atoms with E-state index in [9.17, 15) is 9.59 Å². The maximum Gasteiger partial charge on any atom is 0.305 e. The number of aromatic nitrogens is 1. The van der Waals surface area contributed by atoms with Crippen molar-refractivity contribution in [2.24, 2.45) is 0 Å². The second-order valence-corrected chi connectivity index (χ2v) is 5.29. The lowest BCUT2D eigenvalue weighted by atomic mass is 10.1. The van der Waals surface area contributed by atoms with E-state index in [0.29, 0.717) is 13.1 Å². The summed E-state index contributed by atoms with van der Waals surface area (Å²) in [7, 11) is 0. The molecule has 5 nitrogen and oxygen atoms in total. The molecule has 0 atom stereocenters. The zero-order valence-corrected chi connectivity index (χ0v) is 13.1. The second kappa shape index (κ2) is 7.11. The lowest BCUT2D eigenvalue weighted by Gasteiger charge is -2.23. The molecule has 5 heteroatoms. The van der Waals surface area contributed by atoms with Crippen LogP contribution in [-0.2, 0) is 11.3 Å². The molecule has 0 radical (unpaired) electrons. The third-order valence-corrected chi connectivity index (χ3v) is 3.76. The third-order valence-electron chi connectivity index (χ3n) is 3.76. The Morgan fingerprint density at radius 1 is 1.23 bits per heavy atom. The first-order valence-corrected chi connectivity index (χ1v) is 7.67. The summed E-state index contributed by atoms with van der Waals surface area (Å²) in [5.41, 5.74) is 1.92. The van der Waals surface area contributed by atoms with Crippen molar-refractivity contribution in [3.63, 3.8) is 0 Å². The van der Waals surface area contributed by atoms with Crippen molar-refractivity contribution >= 4 is 22.6 Å². The van der Waals surface area contributed by atoms with Crippen LogP contribution in [0.1, 0.15) is 26.7 Å². The topological polar surface area (TPSA) is 62.5 Å². The van der Waals surface area contributed by atoms with E-state index < -0.39 is 5.97 Å². The monoisotopic (exact) mass is 302 g/mol. The van der Waals surface area contributed by atoms with Crippen LogP contribution in [0.25, 0.3) is 10.9 Å². The van der Waals surface area contributed by atoms with E-state index in [0.717, 1.165) is 29.6 Å². The van der Waals surface area contributed by atoms with E-state index in [1.165, 1.54) is 0 Å². The van der Waals surface area contributed by atoms with Crippen molar-refractivity contribution < 1.29 is 9.90 Å². The van der Waals surface area contributed by atoms with Crippen LogP contribution in [0.5, 0.6) is 0 Å². The van der Waals surface area contributed by atoms with E-state index in [1.54, 1.807) is 10.6 Å². The van der Waals surface area contributed by atoms with E-state index >= 15 is 0 Å². The maximum atomic E-state index is 12.0. The number of carboxylic acid groups (broad SMARTS) is 1. The SMILES string of the molecule is CCCn1c(=O)ccc2cc(N(CC)CCC(=O)O)ccc21. The Kier molecular flexibility index (Phi) is 5.20. The predicted molar refractivity (Wildman–Crippen MR) is 88.6 cm³/mol. The van der Waals surface area contributed by atoms with Gasteiger partial charge in [0.25, 0.3) is 5.56 Å². The smallest absolute Gasteiger partial charge is 0.305 e. The van der Waals surface area contributed by atoms with Gasteiger partial charge in [0, 0.05) is 36.8 Å². The highest BCUT2D eigenvalue weighted by Crippen LogP contribution is 2.21. The lowest BCUT2D eigenvalue weighted by molar-refractivity contribution is -0.136. The third kappa shape index (κ3) is 3.47. The zero-order chi connectivity index (χ0) is 16.1. The van der Waals surface area contributed by atoms with Gasteiger partial charge in [-0.15, -0.1) is 0 Å². The number of fused-ring (bicyclic) bond motifs is 1. The standard InChI is InChI=1S/C17H22N2O3/c1-3-10-19-15-7-6-14(12-13(15)5-8-16(19)20)18(4-2)11-9-17(21)22/h5-8,12H,3-4,9-11H2,1-2H3,(H,21,22). The van der Waals surface area contributed by atoms with Gasteiger partial charge in [0.05, 0.1) is 11.9 Å². The summed E-state index contributed by atoms with van der Waals surface area (Å²) in [5.74, 6) is -0.795. The first kappa shape index (κ1) is 16.1. The van der Waals surface area contributed by atoms with Crippen molar-refractivity contribution in [2.75, 3.05) is 18.0 Å². The van der Waals surface area contributed by atoms with Crippen molar-refractivity contribution in [3.8, 4) is 0 Å². The van der Waals surface area contributed by atoms with Crippen molar-refractivity contribution in [1.29, 1.82) is 0 Å². The van der Waals surface area contributed by atoms with Crippen LogP contribution in [0.3, 0.4) is 0 Å². The number of hydrogen-bond donors (Lipinski definition) is 1. The summed E-state index contributed by atoms with van der Waals surface area (Å²) in [6.45, 7) is 5.97. The van der Waals surface area contributed by atoms with Gasteiger partial charge >= 0.3 is 5.97 Å². The largest absolute Gasteiger partial charge is 0.481 e. The van der Waals surface area contributed by atoms with E-state index in [2.05, 4.69) is 0 Å². The van der Waals surface area contributed by atoms with E-state index in [4.69, 9.17) is 5.11 Å². The number of carbonyl (C=O) groups is 1. The summed E-state index contributed by atoms with van der Waals surface area (Å²) in [4.78, 5) is 24.7. The van der Waals surface area contributed by atoms with Crippen LogP contribution in [0, 0.1) is 0 Å². The normalized spacial score (nSPS) is 10.8. The van der Waals surface area contributed by atoms with Gasteiger partial charge in [0.1, 0.15) is 0 Å². The fraction of sp³-hybridized carbons (Fsp3) is 0.412. The Hall–Kier alpha value is -2.30. The minimum Gasteiger partial charge on any atom is -0.481 e. The first-order chi connectivity index (χ1) is 10.6. The number of rotatable bonds is 7. The molecule has 0 aliphatic carbocycles.